The van der Waals surface area contributed by atoms with E-state index in [9.17, 15) is 0 Å². The molecule has 1 fully saturated rings. The third-order valence-corrected chi connectivity index (χ3v) is 3.52. The maximum absolute atomic E-state index is 3.64. The number of rotatable bonds is 10. The molecule has 1 aliphatic rings. The molecule has 1 aliphatic carbocycles. The molecule has 0 spiro atoms. The highest BCUT2D eigenvalue weighted by atomic mass is 14.9. The van der Waals surface area contributed by atoms with Gasteiger partial charge in [-0.1, -0.05) is 52.4 Å². The van der Waals surface area contributed by atoms with Crippen molar-refractivity contribution in [3.63, 3.8) is 0 Å². The van der Waals surface area contributed by atoms with Crippen molar-refractivity contribution in [2.75, 3.05) is 6.54 Å². The molecule has 1 heteroatoms. The molecule has 0 aromatic heterocycles. The van der Waals surface area contributed by atoms with Crippen LogP contribution in [0.15, 0.2) is 0 Å². The minimum Gasteiger partial charge on any atom is -0.314 e. The van der Waals surface area contributed by atoms with Crippen molar-refractivity contribution < 1.29 is 0 Å². The quantitative estimate of drug-likeness (QED) is 0.536. The Morgan fingerprint density at radius 3 is 2.47 bits per heavy atom. The Morgan fingerprint density at radius 2 is 1.87 bits per heavy atom. The Bertz CT molecular complexity index is 140. The monoisotopic (exact) mass is 211 g/mol. The second-order valence-corrected chi connectivity index (χ2v) is 5.12. The van der Waals surface area contributed by atoms with Gasteiger partial charge in [0.1, 0.15) is 0 Å². The lowest BCUT2D eigenvalue weighted by Gasteiger charge is -2.17. The van der Waals surface area contributed by atoms with Gasteiger partial charge in [-0.15, -0.1) is 0 Å². The Hall–Kier alpha value is -0.0400. The molecule has 90 valence electrons. The van der Waals surface area contributed by atoms with Crippen molar-refractivity contribution in [3.8, 4) is 0 Å². The lowest BCUT2D eigenvalue weighted by molar-refractivity contribution is 0.422. The SMILES string of the molecule is CCCCCCC(CCC1CC1)NCC. The third kappa shape index (κ3) is 6.94. The maximum atomic E-state index is 3.64. The summed E-state index contributed by atoms with van der Waals surface area (Å²) < 4.78 is 0. The van der Waals surface area contributed by atoms with Crippen LogP contribution in [0.3, 0.4) is 0 Å². The number of hydrogen-bond acceptors (Lipinski definition) is 1. The molecular weight excluding hydrogens is 182 g/mol. The Kier molecular flexibility index (Phi) is 7.08. The first-order valence-electron chi connectivity index (χ1n) is 7.10. The summed E-state index contributed by atoms with van der Waals surface area (Å²) in [6.07, 6.45) is 13.0. The summed E-state index contributed by atoms with van der Waals surface area (Å²) in [7, 11) is 0. The summed E-state index contributed by atoms with van der Waals surface area (Å²) >= 11 is 0. The minimum atomic E-state index is 0.812. The van der Waals surface area contributed by atoms with Gasteiger partial charge in [0.05, 0.1) is 0 Å². The van der Waals surface area contributed by atoms with Crippen molar-refractivity contribution >= 4 is 0 Å². The molecule has 0 heterocycles. The van der Waals surface area contributed by atoms with Crippen LogP contribution >= 0.6 is 0 Å². The molecule has 0 amide bonds. The highest BCUT2D eigenvalue weighted by molar-refractivity contribution is 4.76. The minimum absolute atomic E-state index is 0.812. The van der Waals surface area contributed by atoms with E-state index in [0.717, 1.165) is 18.5 Å². The lowest BCUT2D eigenvalue weighted by Crippen LogP contribution is -2.28. The molecular formula is C14H29N. The van der Waals surface area contributed by atoms with Gasteiger partial charge in [-0.2, -0.15) is 0 Å². The predicted molar refractivity (Wildman–Crippen MR) is 68.2 cm³/mol. The van der Waals surface area contributed by atoms with E-state index in [2.05, 4.69) is 19.2 Å². The normalized spacial score (nSPS) is 18.0. The van der Waals surface area contributed by atoms with Crippen molar-refractivity contribution in [1.29, 1.82) is 0 Å². The molecule has 0 aliphatic heterocycles. The van der Waals surface area contributed by atoms with Gasteiger partial charge in [-0.3, -0.25) is 0 Å². The highest BCUT2D eigenvalue weighted by Crippen LogP contribution is 2.34. The average molecular weight is 211 g/mol. The molecule has 1 N–H and O–H groups in total. The van der Waals surface area contributed by atoms with E-state index in [4.69, 9.17) is 0 Å². The second-order valence-electron chi connectivity index (χ2n) is 5.12. The van der Waals surface area contributed by atoms with Gasteiger partial charge < -0.3 is 5.32 Å². The van der Waals surface area contributed by atoms with Crippen LogP contribution in [0.1, 0.15) is 71.6 Å². The van der Waals surface area contributed by atoms with E-state index in [1.165, 1.54) is 57.8 Å². The summed E-state index contributed by atoms with van der Waals surface area (Å²) in [5, 5.41) is 3.64. The smallest absolute Gasteiger partial charge is 0.00670 e. The largest absolute Gasteiger partial charge is 0.314 e. The Morgan fingerprint density at radius 1 is 1.07 bits per heavy atom. The zero-order valence-corrected chi connectivity index (χ0v) is 10.7. The topological polar surface area (TPSA) is 12.0 Å². The molecule has 1 rings (SSSR count). The number of hydrogen-bond donors (Lipinski definition) is 1. The Labute approximate surface area is 96.0 Å². The molecule has 1 unspecified atom stereocenters. The van der Waals surface area contributed by atoms with E-state index in [0.29, 0.717) is 0 Å². The first-order chi connectivity index (χ1) is 7.36. The second kappa shape index (κ2) is 8.15. The number of unbranched alkanes of at least 4 members (excludes halogenated alkanes) is 3. The summed E-state index contributed by atoms with van der Waals surface area (Å²) in [4.78, 5) is 0. The molecule has 1 atom stereocenters. The molecule has 0 aromatic carbocycles. The van der Waals surface area contributed by atoms with E-state index in [-0.39, 0.29) is 0 Å². The van der Waals surface area contributed by atoms with Crippen molar-refractivity contribution in [1.82, 2.24) is 5.32 Å². The van der Waals surface area contributed by atoms with Crippen LogP contribution in [0.5, 0.6) is 0 Å². The van der Waals surface area contributed by atoms with Crippen LogP contribution < -0.4 is 5.32 Å². The molecule has 1 nitrogen and oxygen atoms in total. The average Bonchev–Trinajstić information content (AvgIpc) is 3.04. The fourth-order valence-corrected chi connectivity index (χ4v) is 2.30. The van der Waals surface area contributed by atoms with Gasteiger partial charge in [0.15, 0.2) is 0 Å². The van der Waals surface area contributed by atoms with Gasteiger partial charge in [-0.25, -0.2) is 0 Å². The van der Waals surface area contributed by atoms with Crippen molar-refractivity contribution in [2.24, 2.45) is 5.92 Å². The summed E-state index contributed by atoms with van der Waals surface area (Å²) in [6, 6.07) is 0.812. The van der Waals surface area contributed by atoms with Crippen molar-refractivity contribution in [2.45, 2.75) is 77.7 Å². The molecule has 15 heavy (non-hydrogen) atoms. The zero-order chi connectivity index (χ0) is 10.9. The van der Waals surface area contributed by atoms with Gasteiger partial charge >= 0.3 is 0 Å². The molecule has 0 radical (unpaired) electrons. The maximum Gasteiger partial charge on any atom is 0.00670 e. The highest BCUT2D eigenvalue weighted by Gasteiger charge is 2.22. The predicted octanol–water partition coefficient (Wildman–Crippen LogP) is 4.13. The van der Waals surface area contributed by atoms with Crippen molar-refractivity contribution in [3.05, 3.63) is 0 Å². The Balaban J connectivity index is 1.99. The third-order valence-electron chi connectivity index (χ3n) is 3.52. The van der Waals surface area contributed by atoms with Crippen LogP contribution in [0.4, 0.5) is 0 Å². The van der Waals surface area contributed by atoms with E-state index in [1.54, 1.807) is 0 Å². The van der Waals surface area contributed by atoms with Gasteiger partial charge in [0, 0.05) is 6.04 Å². The molecule has 0 bridgehead atoms. The van der Waals surface area contributed by atoms with E-state index >= 15 is 0 Å². The van der Waals surface area contributed by atoms with E-state index in [1.807, 2.05) is 0 Å². The molecule has 0 aromatic rings. The summed E-state index contributed by atoms with van der Waals surface area (Å²) in [5.41, 5.74) is 0. The standard InChI is InChI=1S/C14H29N/c1-3-5-6-7-8-14(15-4-2)12-11-13-9-10-13/h13-15H,3-12H2,1-2H3. The van der Waals surface area contributed by atoms with E-state index < -0.39 is 0 Å². The zero-order valence-electron chi connectivity index (χ0n) is 10.7. The van der Waals surface area contributed by atoms with Crippen LogP contribution in [0.25, 0.3) is 0 Å². The number of nitrogens with one attached hydrogen (secondary N) is 1. The van der Waals surface area contributed by atoms with Gasteiger partial charge in [0.25, 0.3) is 0 Å². The van der Waals surface area contributed by atoms with Gasteiger partial charge in [0.2, 0.25) is 0 Å². The fourth-order valence-electron chi connectivity index (χ4n) is 2.30. The first-order valence-corrected chi connectivity index (χ1v) is 7.10. The molecule has 0 saturated heterocycles. The van der Waals surface area contributed by atoms with Crippen LogP contribution in [-0.4, -0.2) is 12.6 Å². The lowest BCUT2D eigenvalue weighted by atomic mass is 10.0. The molecule has 1 saturated carbocycles. The summed E-state index contributed by atoms with van der Waals surface area (Å²) in [6.45, 7) is 5.66. The van der Waals surface area contributed by atoms with Crippen LogP contribution in [-0.2, 0) is 0 Å². The first kappa shape index (κ1) is 13.0. The van der Waals surface area contributed by atoms with Crippen LogP contribution in [0.2, 0.25) is 0 Å². The van der Waals surface area contributed by atoms with Crippen LogP contribution in [0, 0.1) is 5.92 Å². The summed E-state index contributed by atoms with van der Waals surface area (Å²) in [5.74, 6) is 1.10. The fraction of sp³-hybridized carbons (Fsp3) is 1.00. The van der Waals surface area contributed by atoms with Gasteiger partial charge in [-0.05, 0) is 31.7 Å².